The van der Waals surface area contributed by atoms with Crippen molar-refractivity contribution in [3.8, 4) is 11.5 Å². The number of esters is 1. The Morgan fingerprint density at radius 3 is 2.50 bits per heavy atom. The molecule has 0 N–H and O–H groups in total. The Morgan fingerprint density at radius 2 is 1.81 bits per heavy atom. The molecule has 36 heavy (non-hydrogen) atoms. The summed E-state index contributed by atoms with van der Waals surface area (Å²) in [5.41, 5.74) is 1.49. The largest absolute Gasteiger partial charge is 0.490 e. The van der Waals surface area contributed by atoms with Crippen LogP contribution in [0.1, 0.15) is 26.3 Å². The van der Waals surface area contributed by atoms with E-state index in [1.54, 1.807) is 30.0 Å². The van der Waals surface area contributed by atoms with Crippen LogP contribution in [-0.4, -0.2) is 61.5 Å². The number of ether oxygens (including phenoxy) is 4. The summed E-state index contributed by atoms with van der Waals surface area (Å²) >= 11 is 4.86. The molecule has 2 aromatic rings. The third kappa shape index (κ3) is 7.59. The molecule has 0 unspecified atom stereocenters. The number of benzene rings is 2. The molecule has 2 aromatic carbocycles. The highest BCUT2D eigenvalue weighted by Crippen LogP contribution is 2.39. The lowest BCUT2D eigenvalue weighted by Gasteiger charge is -2.15. The van der Waals surface area contributed by atoms with Crippen LogP contribution in [0.4, 0.5) is 5.69 Å². The van der Waals surface area contributed by atoms with Crippen molar-refractivity contribution in [2.75, 3.05) is 39.6 Å². The highest BCUT2D eigenvalue weighted by Gasteiger charge is 2.33. The summed E-state index contributed by atoms with van der Waals surface area (Å²) in [6.07, 6.45) is 1.79. The Bertz CT molecular complexity index is 1120. The molecular weight excluding hydrogens is 548 g/mol. The van der Waals surface area contributed by atoms with Gasteiger partial charge in [-0.2, -0.15) is 0 Å². The van der Waals surface area contributed by atoms with Gasteiger partial charge in [-0.3, -0.25) is 9.69 Å². The highest BCUT2D eigenvalue weighted by atomic mass is 79.9. The number of carbonyl (C=O) groups is 2. The van der Waals surface area contributed by atoms with Crippen molar-refractivity contribution in [1.29, 1.82) is 0 Å². The van der Waals surface area contributed by atoms with Gasteiger partial charge in [0.25, 0.3) is 5.91 Å². The first-order valence-electron chi connectivity index (χ1n) is 11.6. The zero-order valence-corrected chi connectivity index (χ0v) is 22.9. The van der Waals surface area contributed by atoms with Crippen LogP contribution in [-0.2, 0) is 19.1 Å². The van der Waals surface area contributed by atoms with Crippen molar-refractivity contribution < 1.29 is 28.5 Å². The maximum atomic E-state index is 13.3. The van der Waals surface area contributed by atoms with Crippen LogP contribution in [0.15, 0.2) is 56.8 Å². The van der Waals surface area contributed by atoms with Gasteiger partial charge in [0, 0.05) is 11.1 Å². The summed E-state index contributed by atoms with van der Waals surface area (Å²) in [4.78, 5) is 31.9. The molecule has 0 saturated carbocycles. The Kier molecular flexibility index (Phi) is 10.8. The SMILES string of the molecule is CCOCCN1C(=O)/C(=C\c2cc(OCC)c(OCC(=O)OCC)cc2Br)SC1=Nc1ccccc1. The highest BCUT2D eigenvalue weighted by molar-refractivity contribution is 9.10. The molecule has 1 aliphatic rings. The molecule has 0 radical (unpaired) electrons. The number of nitrogens with zero attached hydrogens (tertiary/aromatic N) is 2. The van der Waals surface area contributed by atoms with E-state index in [1.165, 1.54) is 11.8 Å². The smallest absolute Gasteiger partial charge is 0.344 e. The molecule has 0 aromatic heterocycles. The van der Waals surface area contributed by atoms with Crippen molar-refractivity contribution in [1.82, 2.24) is 4.90 Å². The Labute approximate surface area is 223 Å². The molecule has 1 aliphatic heterocycles. The molecule has 10 heteroatoms. The van der Waals surface area contributed by atoms with Crippen molar-refractivity contribution >= 4 is 56.5 Å². The second kappa shape index (κ2) is 14.1. The summed E-state index contributed by atoms with van der Waals surface area (Å²) < 4.78 is 22.4. The van der Waals surface area contributed by atoms with Crippen molar-refractivity contribution in [3.63, 3.8) is 0 Å². The predicted molar refractivity (Wildman–Crippen MR) is 145 cm³/mol. The van der Waals surface area contributed by atoms with Crippen molar-refractivity contribution in [2.45, 2.75) is 20.8 Å². The maximum Gasteiger partial charge on any atom is 0.344 e. The van der Waals surface area contributed by atoms with E-state index in [0.29, 0.717) is 52.4 Å². The molecule has 0 aliphatic carbocycles. The molecular formula is C26H29BrN2O6S. The van der Waals surface area contributed by atoms with Crippen LogP contribution >= 0.6 is 27.7 Å². The van der Waals surface area contributed by atoms with Crippen LogP contribution in [0.25, 0.3) is 6.08 Å². The third-order valence-corrected chi connectivity index (χ3v) is 6.53. The number of hydrogen-bond donors (Lipinski definition) is 0. The quantitative estimate of drug-likeness (QED) is 0.189. The van der Waals surface area contributed by atoms with Gasteiger partial charge in [0.05, 0.1) is 37.0 Å². The standard InChI is InChI=1S/C26H29BrN2O6S/c1-4-32-13-12-29-25(31)23(36-26(29)28-19-10-8-7-9-11-19)15-18-14-21(33-5-2)22(16-20(18)27)35-17-24(30)34-6-3/h7-11,14-16H,4-6,12-13,17H2,1-3H3/b23-15+,28-26?. The molecule has 3 rings (SSSR count). The Morgan fingerprint density at radius 1 is 1.06 bits per heavy atom. The molecule has 1 saturated heterocycles. The van der Waals surface area contributed by atoms with Crippen LogP contribution in [0.3, 0.4) is 0 Å². The average Bonchev–Trinajstić information content (AvgIpc) is 3.15. The number of hydrogen-bond acceptors (Lipinski definition) is 8. The zero-order chi connectivity index (χ0) is 25.9. The lowest BCUT2D eigenvalue weighted by Crippen LogP contribution is -2.32. The molecule has 192 valence electrons. The van der Waals surface area contributed by atoms with Crippen molar-refractivity contribution in [2.24, 2.45) is 4.99 Å². The number of carbonyl (C=O) groups excluding carboxylic acids is 2. The van der Waals surface area contributed by atoms with Gasteiger partial charge in [-0.1, -0.05) is 34.1 Å². The van der Waals surface area contributed by atoms with Crippen LogP contribution < -0.4 is 9.47 Å². The van der Waals surface area contributed by atoms with Gasteiger partial charge in [-0.05, 0) is 68.4 Å². The van der Waals surface area contributed by atoms with Crippen molar-refractivity contribution in [3.05, 3.63) is 57.4 Å². The van der Waals surface area contributed by atoms with Crippen LogP contribution in [0, 0.1) is 0 Å². The first-order chi connectivity index (χ1) is 17.5. The number of aliphatic imine (C=N–C) groups is 1. The van der Waals surface area contributed by atoms with E-state index in [1.807, 2.05) is 44.2 Å². The van der Waals surface area contributed by atoms with E-state index in [0.717, 1.165) is 11.3 Å². The van der Waals surface area contributed by atoms with Gasteiger partial charge in [0.1, 0.15) is 0 Å². The molecule has 0 atom stereocenters. The molecule has 1 fully saturated rings. The fourth-order valence-corrected chi connectivity index (χ4v) is 4.68. The van der Waals surface area contributed by atoms with E-state index in [2.05, 4.69) is 20.9 Å². The second-order valence-electron chi connectivity index (χ2n) is 7.34. The van der Waals surface area contributed by atoms with E-state index >= 15 is 0 Å². The molecule has 0 spiro atoms. The lowest BCUT2D eigenvalue weighted by atomic mass is 10.2. The summed E-state index contributed by atoms with van der Waals surface area (Å²) in [7, 11) is 0. The third-order valence-electron chi connectivity index (χ3n) is 4.83. The number of halogens is 1. The van der Waals surface area contributed by atoms with E-state index in [-0.39, 0.29) is 19.1 Å². The topological polar surface area (TPSA) is 86.7 Å². The number of amidine groups is 1. The van der Waals surface area contributed by atoms with E-state index in [4.69, 9.17) is 18.9 Å². The summed E-state index contributed by atoms with van der Waals surface area (Å²) in [6.45, 7) is 7.33. The summed E-state index contributed by atoms with van der Waals surface area (Å²) in [6, 6.07) is 13.0. The number of thioether (sulfide) groups is 1. The van der Waals surface area contributed by atoms with Gasteiger partial charge in [0.2, 0.25) is 0 Å². The van der Waals surface area contributed by atoms with Gasteiger partial charge < -0.3 is 18.9 Å². The molecule has 1 amide bonds. The number of rotatable bonds is 12. The first-order valence-corrected chi connectivity index (χ1v) is 13.2. The fraction of sp³-hybridized carbons (Fsp3) is 0.346. The predicted octanol–water partition coefficient (Wildman–Crippen LogP) is 5.43. The summed E-state index contributed by atoms with van der Waals surface area (Å²) in [5, 5.41) is 0.590. The van der Waals surface area contributed by atoms with Gasteiger partial charge in [-0.25, -0.2) is 9.79 Å². The Hall–Kier alpha value is -2.82. The lowest BCUT2D eigenvalue weighted by molar-refractivity contribution is -0.145. The molecule has 1 heterocycles. The molecule has 0 bridgehead atoms. The van der Waals surface area contributed by atoms with Crippen LogP contribution in [0.2, 0.25) is 0 Å². The average molecular weight is 577 g/mol. The summed E-state index contributed by atoms with van der Waals surface area (Å²) in [5.74, 6) is 0.238. The van der Waals surface area contributed by atoms with Gasteiger partial charge in [0.15, 0.2) is 23.3 Å². The van der Waals surface area contributed by atoms with Gasteiger partial charge >= 0.3 is 5.97 Å². The van der Waals surface area contributed by atoms with Gasteiger partial charge in [-0.15, -0.1) is 0 Å². The monoisotopic (exact) mass is 576 g/mol. The molecule has 8 nitrogen and oxygen atoms in total. The number of para-hydroxylation sites is 1. The normalized spacial score (nSPS) is 15.6. The first kappa shape index (κ1) is 27.8. The van der Waals surface area contributed by atoms with Crippen LogP contribution in [0.5, 0.6) is 11.5 Å². The second-order valence-corrected chi connectivity index (χ2v) is 9.20. The minimum atomic E-state index is -0.465. The van der Waals surface area contributed by atoms with E-state index in [9.17, 15) is 9.59 Å². The Balaban J connectivity index is 1.90. The fourth-order valence-electron chi connectivity index (χ4n) is 3.22. The minimum absolute atomic E-state index is 0.151. The van der Waals surface area contributed by atoms with E-state index < -0.39 is 5.97 Å². The zero-order valence-electron chi connectivity index (χ0n) is 20.5. The maximum absolute atomic E-state index is 13.3. The minimum Gasteiger partial charge on any atom is -0.490 e. The number of amides is 1.